The average molecular weight is 222 g/mol. The number of nitrogens with zero attached hydrogens (tertiary/aromatic N) is 3. The van der Waals surface area contributed by atoms with E-state index in [2.05, 4.69) is 20.1 Å². The van der Waals surface area contributed by atoms with Crippen molar-refractivity contribution in [1.82, 2.24) is 20.1 Å². The van der Waals surface area contributed by atoms with Crippen LogP contribution in [0.5, 0.6) is 0 Å². The van der Waals surface area contributed by atoms with Crippen LogP contribution in [-0.4, -0.2) is 20.7 Å². The van der Waals surface area contributed by atoms with Crippen LogP contribution in [0.15, 0.2) is 0 Å². The third-order valence-electron chi connectivity index (χ3n) is 2.86. The Bertz CT molecular complexity index is 372. The van der Waals surface area contributed by atoms with Crippen LogP contribution < -0.4 is 5.32 Å². The van der Waals surface area contributed by atoms with Gasteiger partial charge in [0.25, 0.3) is 0 Å². The Hall–Kier alpha value is -1.39. The van der Waals surface area contributed by atoms with Gasteiger partial charge in [-0.2, -0.15) is 0 Å². The molecule has 2 rings (SSSR count). The zero-order chi connectivity index (χ0) is 11.4. The summed E-state index contributed by atoms with van der Waals surface area (Å²) in [4.78, 5) is 11.3. The molecule has 0 bridgehead atoms. The van der Waals surface area contributed by atoms with E-state index in [1.807, 2.05) is 6.92 Å². The van der Waals surface area contributed by atoms with Crippen LogP contribution in [0.25, 0.3) is 0 Å². The van der Waals surface area contributed by atoms with Gasteiger partial charge in [-0.1, -0.05) is 6.92 Å². The Kier molecular flexibility index (Phi) is 3.54. The number of hydrogen-bond acceptors (Lipinski definition) is 3. The molecule has 0 saturated heterocycles. The second kappa shape index (κ2) is 5.09. The van der Waals surface area contributed by atoms with E-state index in [-0.39, 0.29) is 5.91 Å². The molecule has 1 aliphatic heterocycles. The molecule has 2 heterocycles. The fourth-order valence-electron chi connectivity index (χ4n) is 1.99. The number of nitrogens with one attached hydrogen (secondary N) is 1. The minimum absolute atomic E-state index is 0.0932. The second-order valence-corrected chi connectivity index (χ2v) is 4.17. The molecule has 0 aliphatic carbocycles. The van der Waals surface area contributed by atoms with Crippen molar-refractivity contribution >= 4 is 5.91 Å². The van der Waals surface area contributed by atoms with Gasteiger partial charge in [0.1, 0.15) is 5.82 Å². The summed E-state index contributed by atoms with van der Waals surface area (Å²) < 4.78 is 2.13. The molecule has 5 heteroatoms. The molecule has 1 aromatic heterocycles. The Balaban J connectivity index is 1.94. The maximum Gasteiger partial charge on any atom is 0.220 e. The fraction of sp³-hybridized carbons (Fsp3) is 0.727. The van der Waals surface area contributed by atoms with Gasteiger partial charge in [0.15, 0.2) is 5.82 Å². The molecule has 5 nitrogen and oxygen atoms in total. The molecule has 1 amide bonds. The van der Waals surface area contributed by atoms with Gasteiger partial charge in [-0.3, -0.25) is 4.79 Å². The minimum Gasteiger partial charge on any atom is -0.349 e. The quantitative estimate of drug-likeness (QED) is 0.827. The zero-order valence-electron chi connectivity index (χ0n) is 9.70. The van der Waals surface area contributed by atoms with Gasteiger partial charge in [0, 0.05) is 19.4 Å². The van der Waals surface area contributed by atoms with Crippen molar-refractivity contribution in [2.45, 2.75) is 52.1 Å². The molecule has 0 saturated carbocycles. The molecule has 0 atom stereocenters. The van der Waals surface area contributed by atoms with Gasteiger partial charge in [0.2, 0.25) is 5.91 Å². The predicted octanol–water partition coefficient (Wildman–Crippen LogP) is 1.03. The lowest BCUT2D eigenvalue weighted by atomic mass is 10.2. The smallest absolute Gasteiger partial charge is 0.220 e. The number of rotatable bonds is 4. The summed E-state index contributed by atoms with van der Waals surface area (Å²) in [5.41, 5.74) is 0. The average Bonchev–Trinajstić information content (AvgIpc) is 2.70. The number of amides is 1. The standard InChI is InChI=1S/C11H18N4O/c1-2-5-11(16)12-8-10-14-13-9-6-3-4-7-15(9)10/h2-8H2,1H3,(H,12,16). The fourth-order valence-corrected chi connectivity index (χ4v) is 1.99. The maximum atomic E-state index is 11.3. The Morgan fingerprint density at radius 3 is 3.12 bits per heavy atom. The number of aryl methyl sites for hydroxylation is 1. The van der Waals surface area contributed by atoms with E-state index in [0.717, 1.165) is 31.0 Å². The minimum atomic E-state index is 0.0932. The van der Waals surface area contributed by atoms with Crippen LogP contribution in [-0.2, 0) is 24.3 Å². The summed E-state index contributed by atoms with van der Waals surface area (Å²) in [6.45, 7) is 3.49. The summed E-state index contributed by atoms with van der Waals surface area (Å²) in [5, 5.41) is 11.1. The first kappa shape index (κ1) is 11.1. The first-order chi connectivity index (χ1) is 7.81. The molecular formula is C11H18N4O. The van der Waals surface area contributed by atoms with Crippen molar-refractivity contribution in [3.63, 3.8) is 0 Å². The highest BCUT2D eigenvalue weighted by molar-refractivity contribution is 5.75. The molecule has 1 N–H and O–H groups in total. The first-order valence-corrected chi connectivity index (χ1v) is 5.99. The summed E-state index contributed by atoms with van der Waals surface area (Å²) in [7, 11) is 0. The van der Waals surface area contributed by atoms with Crippen molar-refractivity contribution in [3.05, 3.63) is 11.6 Å². The van der Waals surface area contributed by atoms with Crippen LogP contribution >= 0.6 is 0 Å². The summed E-state index contributed by atoms with van der Waals surface area (Å²) in [6, 6.07) is 0. The SMILES string of the molecule is CCCC(=O)NCc1nnc2n1CCCC2. The van der Waals surface area contributed by atoms with Crippen LogP contribution in [0.1, 0.15) is 44.3 Å². The molecule has 0 aromatic carbocycles. The number of carbonyl (C=O) groups excluding carboxylic acids is 1. The lowest BCUT2D eigenvalue weighted by Crippen LogP contribution is -2.25. The molecule has 0 radical (unpaired) electrons. The van der Waals surface area contributed by atoms with E-state index in [9.17, 15) is 4.79 Å². The van der Waals surface area contributed by atoms with Crippen LogP contribution in [0.4, 0.5) is 0 Å². The van der Waals surface area contributed by atoms with E-state index < -0.39 is 0 Å². The highest BCUT2D eigenvalue weighted by Crippen LogP contribution is 2.13. The molecule has 0 fully saturated rings. The molecule has 16 heavy (non-hydrogen) atoms. The van der Waals surface area contributed by atoms with Crippen LogP contribution in [0, 0.1) is 0 Å². The third-order valence-corrected chi connectivity index (χ3v) is 2.86. The maximum absolute atomic E-state index is 11.3. The highest BCUT2D eigenvalue weighted by atomic mass is 16.1. The van der Waals surface area contributed by atoms with Gasteiger partial charge in [-0.05, 0) is 19.3 Å². The number of fused-ring (bicyclic) bond motifs is 1. The van der Waals surface area contributed by atoms with E-state index in [1.54, 1.807) is 0 Å². The molecular weight excluding hydrogens is 204 g/mol. The largest absolute Gasteiger partial charge is 0.349 e. The topological polar surface area (TPSA) is 59.8 Å². The zero-order valence-corrected chi connectivity index (χ0v) is 9.70. The molecule has 88 valence electrons. The Morgan fingerprint density at radius 1 is 1.44 bits per heavy atom. The van der Waals surface area contributed by atoms with E-state index in [0.29, 0.717) is 13.0 Å². The predicted molar refractivity (Wildman–Crippen MR) is 59.7 cm³/mol. The van der Waals surface area contributed by atoms with Crippen molar-refractivity contribution in [1.29, 1.82) is 0 Å². The molecule has 0 spiro atoms. The molecule has 1 aliphatic rings. The van der Waals surface area contributed by atoms with E-state index in [1.165, 1.54) is 12.8 Å². The number of hydrogen-bond donors (Lipinski definition) is 1. The van der Waals surface area contributed by atoms with Crippen molar-refractivity contribution < 1.29 is 4.79 Å². The van der Waals surface area contributed by atoms with Gasteiger partial charge in [0.05, 0.1) is 6.54 Å². The van der Waals surface area contributed by atoms with Gasteiger partial charge < -0.3 is 9.88 Å². The lowest BCUT2D eigenvalue weighted by Gasteiger charge is -2.14. The Labute approximate surface area is 95.2 Å². The lowest BCUT2D eigenvalue weighted by molar-refractivity contribution is -0.121. The first-order valence-electron chi connectivity index (χ1n) is 5.99. The summed E-state index contributed by atoms with van der Waals surface area (Å²) in [5.74, 6) is 2.04. The molecule has 1 aromatic rings. The van der Waals surface area contributed by atoms with Crippen LogP contribution in [0.3, 0.4) is 0 Å². The highest BCUT2D eigenvalue weighted by Gasteiger charge is 2.15. The number of carbonyl (C=O) groups is 1. The van der Waals surface area contributed by atoms with Crippen molar-refractivity contribution in [2.75, 3.05) is 0 Å². The summed E-state index contributed by atoms with van der Waals surface area (Å²) >= 11 is 0. The van der Waals surface area contributed by atoms with Gasteiger partial charge >= 0.3 is 0 Å². The third kappa shape index (κ3) is 2.40. The normalized spacial score (nSPS) is 14.6. The van der Waals surface area contributed by atoms with E-state index in [4.69, 9.17) is 0 Å². The van der Waals surface area contributed by atoms with E-state index >= 15 is 0 Å². The molecule has 0 unspecified atom stereocenters. The number of aromatic nitrogens is 3. The van der Waals surface area contributed by atoms with Crippen molar-refractivity contribution in [2.24, 2.45) is 0 Å². The monoisotopic (exact) mass is 222 g/mol. The van der Waals surface area contributed by atoms with Gasteiger partial charge in [-0.15, -0.1) is 10.2 Å². The van der Waals surface area contributed by atoms with Crippen LogP contribution in [0.2, 0.25) is 0 Å². The van der Waals surface area contributed by atoms with Gasteiger partial charge in [-0.25, -0.2) is 0 Å². The Morgan fingerprint density at radius 2 is 2.31 bits per heavy atom. The van der Waals surface area contributed by atoms with Crippen molar-refractivity contribution in [3.8, 4) is 0 Å². The summed E-state index contributed by atoms with van der Waals surface area (Å²) in [6.07, 6.45) is 4.85. The second-order valence-electron chi connectivity index (χ2n) is 4.17.